The van der Waals surface area contributed by atoms with Gasteiger partial charge >= 0.3 is 0 Å². The van der Waals surface area contributed by atoms with Gasteiger partial charge in [-0.1, -0.05) is 13.8 Å². The van der Waals surface area contributed by atoms with Crippen LogP contribution in [0.15, 0.2) is 24.4 Å². The van der Waals surface area contributed by atoms with Gasteiger partial charge in [0.05, 0.1) is 12.5 Å². The van der Waals surface area contributed by atoms with Crippen molar-refractivity contribution in [2.24, 2.45) is 5.41 Å². The smallest absolute Gasteiger partial charge is 0.235 e. The number of fused-ring (bicyclic) bond motifs is 1. The van der Waals surface area contributed by atoms with E-state index >= 15 is 0 Å². The third-order valence-corrected chi connectivity index (χ3v) is 5.09. The molecule has 7 nitrogen and oxygen atoms in total. The lowest BCUT2D eigenvalue weighted by Crippen LogP contribution is -2.34. The second-order valence-corrected chi connectivity index (χ2v) is 7.78. The van der Waals surface area contributed by atoms with Gasteiger partial charge in [0, 0.05) is 36.6 Å². The van der Waals surface area contributed by atoms with E-state index in [0.29, 0.717) is 19.6 Å². The highest BCUT2D eigenvalue weighted by atomic mass is 16.5. The van der Waals surface area contributed by atoms with E-state index in [2.05, 4.69) is 10.3 Å². The van der Waals surface area contributed by atoms with Gasteiger partial charge in [-0.2, -0.15) is 0 Å². The number of imide groups is 1. The number of amides is 2. The van der Waals surface area contributed by atoms with Crippen molar-refractivity contribution < 1.29 is 19.1 Å². The average molecular weight is 387 g/mol. The molecule has 2 aromatic rings. The van der Waals surface area contributed by atoms with Crippen LogP contribution in [0.25, 0.3) is 10.9 Å². The summed E-state index contributed by atoms with van der Waals surface area (Å²) < 4.78 is 11.1. The van der Waals surface area contributed by atoms with Crippen molar-refractivity contribution in [3.05, 3.63) is 24.4 Å². The molecule has 0 saturated carbocycles. The summed E-state index contributed by atoms with van der Waals surface area (Å²) in [4.78, 5) is 28.7. The molecule has 2 amide bonds. The van der Waals surface area contributed by atoms with Gasteiger partial charge in [0.2, 0.25) is 11.8 Å². The Labute approximate surface area is 165 Å². The first-order valence-corrected chi connectivity index (χ1v) is 9.76. The maximum atomic E-state index is 12.2. The fourth-order valence-corrected chi connectivity index (χ4v) is 3.45. The van der Waals surface area contributed by atoms with E-state index in [0.717, 1.165) is 48.3 Å². The molecule has 1 aromatic heterocycles. The summed E-state index contributed by atoms with van der Waals surface area (Å²) in [6.45, 7) is 6.28. The molecule has 0 radical (unpaired) electrons. The topological polar surface area (TPSA) is 83.7 Å². The zero-order valence-corrected chi connectivity index (χ0v) is 16.8. The van der Waals surface area contributed by atoms with Gasteiger partial charge in [-0.05, 0) is 37.6 Å². The van der Waals surface area contributed by atoms with Crippen LogP contribution < -0.4 is 14.8 Å². The normalized spacial score (nSPS) is 16.2. The fourth-order valence-electron chi connectivity index (χ4n) is 3.45. The molecule has 0 bridgehead atoms. The summed E-state index contributed by atoms with van der Waals surface area (Å²) in [7, 11) is 1.65. The highest BCUT2D eigenvalue weighted by Crippen LogP contribution is 2.31. The van der Waals surface area contributed by atoms with Crippen molar-refractivity contribution in [1.82, 2.24) is 15.2 Å². The van der Waals surface area contributed by atoms with Crippen LogP contribution in [-0.4, -0.2) is 55.0 Å². The Kier molecular flexibility index (Phi) is 6.24. The van der Waals surface area contributed by atoms with Crippen LogP contribution in [0.2, 0.25) is 0 Å². The molecular formula is C21H29N3O4. The summed E-state index contributed by atoms with van der Waals surface area (Å²) in [6, 6.07) is 5.83. The van der Waals surface area contributed by atoms with Crippen LogP contribution >= 0.6 is 0 Å². The second kappa shape index (κ2) is 8.65. The van der Waals surface area contributed by atoms with Gasteiger partial charge in [0.15, 0.2) is 0 Å². The summed E-state index contributed by atoms with van der Waals surface area (Å²) in [6.07, 6.45) is 3.89. The number of unbranched alkanes of at least 4 members (excludes halogenated alkanes) is 1. The molecular weight excluding hydrogens is 358 g/mol. The second-order valence-electron chi connectivity index (χ2n) is 7.78. The maximum Gasteiger partial charge on any atom is 0.235 e. The quantitative estimate of drug-likeness (QED) is 0.484. The number of methoxy groups -OCH3 is 1. The van der Waals surface area contributed by atoms with E-state index in [-0.39, 0.29) is 11.8 Å². The van der Waals surface area contributed by atoms with Gasteiger partial charge in [-0.3, -0.25) is 14.5 Å². The number of hydrogen-bond acceptors (Lipinski definition) is 5. The lowest BCUT2D eigenvalue weighted by atomic mass is 9.92. The molecule has 1 fully saturated rings. The van der Waals surface area contributed by atoms with E-state index in [1.54, 1.807) is 7.11 Å². The third-order valence-electron chi connectivity index (χ3n) is 5.09. The molecule has 3 rings (SSSR count). The van der Waals surface area contributed by atoms with Crippen LogP contribution in [0.4, 0.5) is 0 Å². The number of aromatic amines is 1. The fraction of sp³-hybridized carbons (Fsp3) is 0.524. The molecule has 1 saturated heterocycles. The van der Waals surface area contributed by atoms with Gasteiger partial charge in [-0.15, -0.1) is 0 Å². The van der Waals surface area contributed by atoms with Crippen molar-refractivity contribution in [3.8, 4) is 11.5 Å². The number of nitrogens with zero attached hydrogens (tertiary/aromatic N) is 1. The molecule has 0 spiro atoms. The number of nitrogens with one attached hydrogen (secondary N) is 2. The Bertz CT molecular complexity index is 843. The minimum Gasteiger partial charge on any atom is -0.497 e. The van der Waals surface area contributed by atoms with Gasteiger partial charge in [0.1, 0.15) is 18.1 Å². The Hall–Kier alpha value is -2.54. The lowest BCUT2D eigenvalue weighted by Gasteiger charge is -2.17. The first-order chi connectivity index (χ1) is 13.4. The molecule has 0 atom stereocenters. The number of ether oxygens (including phenoxy) is 2. The number of rotatable bonds is 10. The monoisotopic (exact) mass is 387 g/mol. The molecule has 0 aliphatic carbocycles. The zero-order chi connectivity index (χ0) is 20.1. The molecule has 7 heteroatoms. The first kappa shape index (κ1) is 20.2. The van der Waals surface area contributed by atoms with E-state index in [1.165, 1.54) is 4.90 Å². The molecule has 152 valence electrons. The van der Waals surface area contributed by atoms with Crippen LogP contribution in [0, 0.1) is 5.41 Å². The zero-order valence-electron chi connectivity index (χ0n) is 16.8. The predicted molar refractivity (Wildman–Crippen MR) is 108 cm³/mol. The molecule has 2 heterocycles. The van der Waals surface area contributed by atoms with Crippen molar-refractivity contribution >= 4 is 22.7 Å². The lowest BCUT2D eigenvalue weighted by molar-refractivity contribution is -0.140. The van der Waals surface area contributed by atoms with Crippen molar-refractivity contribution in [2.45, 2.75) is 33.1 Å². The number of aromatic nitrogens is 1. The van der Waals surface area contributed by atoms with E-state index < -0.39 is 5.41 Å². The molecule has 2 N–H and O–H groups in total. The molecule has 1 aliphatic heterocycles. The minimum absolute atomic E-state index is 0.0470. The van der Waals surface area contributed by atoms with Crippen LogP contribution in [0.1, 0.15) is 33.1 Å². The van der Waals surface area contributed by atoms with E-state index in [1.807, 2.05) is 38.2 Å². The number of benzene rings is 1. The number of hydrogen-bond donors (Lipinski definition) is 2. The number of likely N-dealkylation sites (tertiary alicyclic amines) is 1. The van der Waals surface area contributed by atoms with E-state index in [4.69, 9.17) is 9.47 Å². The largest absolute Gasteiger partial charge is 0.497 e. The minimum atomic E-state index is -0.543. The first-order valence-electron chi connectivity index (χ1n) is 9.76. The van der Waals surface area contributed by atoms with Crippen molar-refractivity contribution in [3.63, 3.8) is 0 Å². The van der Waals surface area contributed by atoms with Crippen LogP contribution in [0.5, 0.6) is 11.5 Å². The maximum absolute atomic E-state index is 12.2. The number of carbonyl (C=O) groups is 2. The predicted octanol–water partition coefficient (Wildman–Crippen LogP) is 2.71. The summed E-state index contributed by atoms with van der Waals surface area (Å²) in [5, 5.41) is 4.34. The summed E-state index contributed by atoms with van der Waals surface area (Å²) in [5.41, 5.74) is 0.469. The summed E-state index contributed by atoms with van der Waals surface area (Å²) in [5.74, 6) is 1.51. The molecule has 1 aromatic carbocycles. The Morgan fingerprint density at radius 1 is 1.21 bits per heavy atom. The number of H-pyrrole nitrogens is 1. The standard InChI is InChI=1S/C21H29N3O4/c1-21(2)13-19(25)24(20(21)26)10-5-4-8-22-9-11-28-18-14-23-17-7-6-15(27-3)12-16(17)18/h6-7,12,14,22-23H,4-5,8-11,13H2,1-3H3. The summed E-state index contributed by atoms with van der Waals surface area (Å²) >= 11 is 0. The Balaban J connectivity index is 1.32. The van der Waals surface area contributed by atoms with Crippen molar-refractivity contribution in [1.29, 1.82) is 0 Å². The molecule has 28 heavy (non-hydrogen) atoms. The van der Waals surface area contributed by atoms with E-state index in [9.17, 15) is 9.59 Å². The highest BCUT2D eigenvalue weighted by Gasteiger charge is 2.44. The molecule has 0 unspecified atom stereocenters. The van der Waals surface area contributed by atoms with Gasteiger partial charge < -0.3 is 19.8 Å². The van der Waals surface area contributed by atoms with Crippen molar-refractivity contribution in [2.75, 3.05) is 33.4 Å². The van der Waals surface area contributed by atoms with Crippen LogP contribution in [-0.2, 0) is 9.59 Å². The van der Waals surface area contributed by atoms with Crippen LogP contribution in [0.3, 0.4) is 0 Å². The van der Waals surface area contributed by atoms with Gasteiger partial charge in [-0.25, -0.2) is 0 Å². The Morgan fingerprint density at radius 3 is 2.75 bits per heavy atom. The average Bonchev–Trinajstić information content (AvgIpc) is 3.15. The third kappa shape index (κ3) is 4.47. The van der Waals surface area contributed by atoms with Gasteiger partial charge in [0.25, 0.3) is 0 Å². The molecule has 1 aliphatic rings. The number of carbonyl (C=O) groups excluding carboxylic acids is 2. The highest BCUT2D eigenvalue weighted by molar-refractivity contribution is 6.05. The SMILES string of the molecule is COc1ccc2[nH]cc(OCCNCCCCN3C(=O)CC(C)(C)C3=O)c2c1. The Morgan fingerprint density at radius 2 is 2.04 bits per heavy atom.